The summed E-state index contributed by atoms with van der Waals surface area (Å²) >= 11 is 3.44. The normalized spacial score (nSPS) is 17.5. The summed E-state index contributed by atoms with van der Waals surface area (Å²) in [6.07, 6.45) is 2.49. The summed E-state index contributed by atoms with van der Waals surface area (Å²) in [5.74, 6) is 0.812. The largest absolute Gasteiger partial charge is 0.336 e. The van der Waals surface area contributed by atoms with E-state index in [0.29, 0.717) is 13.1 Å². The number of urea groups is 1. The molecule has 0 saturated carbocycles. The first-order valence-corrected chi connectivity index (χ1v) is 10.3. The highest BCUT2D eigenvalue weighted by Gasteiger charge is 2.25. The van der Waals surface area contributed by atoms with E-state index in [4.69, 9.17) is 0 Å². The van der Waals surface area contributed by atoms with Crippen molar-refractivity contribution < 1.29 is 4.79 Å². The third-order valence-electron chi connectivity index (χ3n) is 4.59. The van der Waals surface area contributed by atoms with Crippen LogP contribution in [0.1, 0.15) is 35.6 Å². The zero-order chi connectivity index (χ0) is 16.8. The molecule has 1 unspecified atom stereocenters. The predicted octanol–water partition coefficient (Wildman–Crippen LogP) is 4.08. The van der Waals surface area contributed by atoms with Crippen molar-refractivity contribution >= 4 is 28.7 Å². The fraction of sp³-hybridized carbons (Fsp3) is 0.500. The van der Waals surface area contributed by atoms with Gasteiger partial charge in [0.15, 0.2) is 0 Å². The molecule has 2 amide bonds. The lowest BCUT2D eigenvalue weighted by molar-refractivity contribution is 0.138. The van der Waals surface area contributed by atoms with Gasteiger partial charge in [-0.05, 0) is 54.7 Å². The van der Waals surface area contributed by atoms with Crippen LogP contribution in [-0.2, 0) is 6.54 Å². The number of nitrogens with zero attached hydrogens (tertiary/aromatic N) is 1. The van der Waals surface area contributed by atoms with E-state index >= 15 is 0 Å². The second-order valence-corrected chi connectivity index (χ2v) is 8.40. The smallest absolute Gasteiger partial charge is 0.315 e. The number of hydrogen-bond donors (Lipinski definition) is 2. The van der Waals surface area contributed by atoms with E-state index in [2.05, 4.69) is 40.0 Å². The number of carbonyl (C=O) groups is 1. The molecule has 1 atom stereocenters. The first-order valence-electron chi connectivity index (χ1n) is 8.54. The van der Waals surface area contributed by atoms with E-state index in [0.717, 1.165) is 19.0 Å². The number of nitrogens with one attached hydrogen (secondary N) is 2. The Balaban J connectivity index is 1.53. The van der Waals surface area contributed by atoms with Gasteiger partial charge in [-0.15, -0.1) is 22.7 Å². The monoisotopic (exact) mass is 363 g/mol. The van der Waals surface area contributed by atoms with Crippen LogP contribution in [0, 0.1) is 5.92 Å². The summed E-state index contributed by atoms with van der Waals surface area (Å²) < 4.78 is 0. The molecule has 0 radical (unpaired) electrons. The van der Waals surface area contributed by atoms with Gasteiger partial charge in [0.25, 0.3) is 0 Å². The Bertz CT molecular complexity index is 604. The predicted molar refractivity (Wildman–Crippen MR) is 102 cm³/mol. The quantitative estimate of drug-likeness (QED) is 0.812. The van der Waals surface area contributed by atoms with Gasteiger partial charge in [0, 0.05) is 16.3 Å². The summed E-state index contributed by atoms with van der Waals surface area (Å²) in [5, 5.41) is 10.1. The molecule has 2 aromatic rings. The number of amides is 2. The molecule has 2 N–H and O–H groups in total. The molecular formula is C18H25N3OS2. The van der Waals surface area contributed by atoms with E-state index in [1.165, 1.54) is 22.6 Å². The molecule has 0 bridgehead atoms. The van der Waals surface area contributed by atoms with Gasteiger partial charge < -0.3 is 10.6 Å². The van der Waals surface area contributed by atoms with Crippen LogP contribution in [0.2, 0.25) is 0 Å². The summed E-state index contributed by atoms with van der Waals surface area (Å²) in [6.45, 7) is 5.80. The second-order valence-electron chi connectivity index (χ2n) is 6.39. The second kappa shape index (κ2) is 8.65. The minimum Gasteiger partial charge on any atom is -0.336 e. The average molecular weight is 364 g/mol. The third-order valence-corrected chi connectivity index (χ3v) is 6.44. The molecule has 24 heavy (non-hydrogen) atoms. The van der Waals surface area contributed by atoms with Crippen molar-refractivity contribution in [1.29, 1.82) is 0 Å². The average Bonchev–Trinajstić information content (AvgIpc) is 3.28. The molecule has 3 rings (SSSR count). The maximum absolute atomic E-state index is 12.1. The Kier molecular flexibility index (Phi) is 6.29. The topological polar surface area (TPSA) is 44.4 Å². The molecule has 2 aromatic heterocycles. The minimum atomic E-state index is -0.0877. The summed E-state index contributed by atoms with van der Waals surface area (Å²) in [4.78, 5) is 17.1. The highest BCUT2D eigenvalue weighted by atomic mass is 32.1. The molecular weight excluding hydrogens is 338 g/mol. The van der Waals surface area contributed by atoms with Crippen LogP contribution < -0.4 is 10.6 Å². The fourth-order valence-electron chi connectivity index (χ4n) is 3.06. The Hall–Kier alpha value is -1.37. The third kappa shape index (κ3) is 4.82. The van der Waals surface area contributed by atoms with Crippen LogP contribution in [0.5, 0.6) is 0 Å². The Labute approximate surface area is 151 Å². The van der Waals surface area contributed by atoms with Crippen molar-refractivity contribution in [3.8, 4) is 0 Å². The molecule has 3 heterocycles. The number of thiophene rings is 2. The lowest BCUT2D eigenvalue weighted by atomic mass is 9.97. The van der Waals surface area contributed by atoms with Crippen LogP contribution >= 0.6 is 22.7 Å². The summed E-state index contributed by atoms with van der Waals surface area (Å²) in [7, 11) is 0. The highest BCUT2D eigenvalue weighted by Crippen LogP contribution is 2.29. The number of rotatable bonds is 6. The number of likely N-dealkylation sites (tertiary alicyclic amines) is 1. The van der Waals surface area contributed by atoms with Crippen LogP contribution in [0.4, 0.5) is 4.79 Å². The molecule has 1 fully saturated rings. The van der Waals surface area contributed by atoms with Crippen molar-refractivity contribution in [3.05, 3.63) is 44.8 Å². The van der Waals surface area contributed by atoms with Crippen LogP contribution in [-0.4, -0.2) is 30.6 Å². The van der Waals surface area contributed by atoms with Gasteiger partial charge in [-0.1, -0.05) is 19.1 Å². The molecule has 0 aromatic carbocycles. The van der Waals surface area contributed by atoms with Gasteiger partial charge in [-0.2, -0.15) is 0 Å². The highest BCUT2D eigenvalue weighted by molar-refractivity contribution is 7.10. The van der Waals surface area contributed by atoms with Crippen LogP contribution in [0.3, 0.4) is 0 Å². The van der Waals surface area contributed by atoms with E-state index in [-0.39, 0.29) is 12.1 Å². The summed E-state index contributed by atoms with van der Waals surface area (Å²) in [6, 6.07) is 8.51. The van der Waals surface area contributed by atoms with Crippen LogP contribution in [0.15, 0.2) is 35.0 Å². The zero-order valence-corrected chi connectivity index (χ0v) is 15.7. The fourth-order valence-corrected chi connectivity index (χ4v) is 4.57. The van der Waals surface area contributed by atoms with Crippen molar-refractivity contribution in [2.24, 2.45) is 5.92 Å². The molecule has 6 heteroatoms. The standard InChI is InChI=1S/C18H25N3OS2/c1-14-6-8-21(9-7-14)16(17-5-3-11-24-17)13-20-18(22)19-12-15-4-2-10-23-15/h2-5,10-11,14,16H,6-9,12-13H2,1H3,(H2,19,20,22). The van der Waals surface area contributed by atoms with E-state index in [1.807, 2.05) is 17.5 Å². The van der Waals surface area contributed by atoms with Crippen molar-refractivity contribution in [2.45, 2.75) is 32.4 Å². The molecule has 1 saturated heterocycles. The minimum absolute atomic E-state index is 0.0877. The molecule has 1 aliphatic rings. The SMILES string of the molecule is CC1CCN(C(CNC(=O)NCc2cccs2)c2cccs2)CC1. The van der Waals surface area contributed by atoms with E-state index < -0.39 is 0 Å². The van der Waals surface area contributed by atoms with Crippen LogP contribution in [0.25, 0.3) is 0 Å². The van der Waals surface area contributed by atoms with Gasteiger partial charge in [-0.3, -0.25) is 4.90 Å². The molecule has 4 nitrogen and oxygen atoms in total. The first kappa shape index (κ1) is 17.5. The molecule has 0 aliphatic carbocycles. The molecule has 1 aliphatic heterocycles. The Morgan fingerprint density at radius 2 is 1.96 bits per heavy atom. The number of carbonyl (C=O) groups excluding carboxylic acids is 1. The lowest BCUT2D eigenvalue weighted by Crippen LogP contribution is -2.44. The van der Waals surface area contributed by atoms with Gasteiger partial charge in [0.1, 0.15) is 0 Å². The van der Waals surface area contributed by atoms with Gasteiger partial charge in [-0.25, -0.2) is 4.79 Å². The Morgan fingerprint density at radius 3 is 2.62 bits per heavy atom. The van der Waals surface area contributed by atoms with Crippen molar-refractivity contribution in [3.63, 3.8) is 0 Å². The first-order chi connectivity index (χ1) is 11.7. The number of hydrogen-bond acceptors (Lipinski definition) is 4. The summed E-state index contributed by atoms with van der Waals surface area (Å²) in [5.41, 5.74) is 0. The lowest BCUT2D eigenvalue weighted by Gasteiger charge is -2.36. The van der Waals surface area contributed by atoms with E-state index in [1.54, 1.807) is 22.7 Å². The van der Waals surface area contributed by atoms with Gasteiger partial charge >= 0.3 is 6.03 Å². The number of piperidine rings is 1. The molecule has 0 spiro atoms. The Morgan fingerprint density at radius 1 is 1.21 bits per heavy atom. The van der Waals surface area contributed by atoms with Crippen molar-refractivity contribution in [2.75, 3.05) is 19.6 Å². The van der Waals surface area contributed by atoms with Gasteiger partial charge in [0.2, 0.25) is 0 Å². The van der Waals surface area contributed by atoms with E-state index in [9.17, 15) is 4.79 Å². The zero-order valence-electron chi connectivity index (χ0n) is 14.0. The maximum Gasteiger partial charge on any atom is 0.315 e. The molecule has 130 valence electrons. The maximum atomic E-state index is 12.1. The van der Waals surface area contributed by atoms with Crippen molar-refractivity contribution in [1.82, 2.24) is 15.5 Å². The van der Waals surface area contributed by atoms with Gasteiger partial charge in [0.05, 0.1) is 12.6 Å².